The summed E-state index contributed by atoms with van der Waals surface area (Å²) >= 11 is 0. The fourth-order valence-electron chi connectivity index (χ4n) is 3.76. The molecule has 2 heterocycles. The lowest BCUT2D eigenvalue weighted by molar-refractivity contribution is 0.0714. The lowest BCUT2D eigenvalue weighted by Gasteiger charge is -2.36. The maximum absolute atomic E-state index is 13.7. The number of hydrogen-bond acceptors (Lipinski definition) is 4. The number of rotatable bonds is 3. The number of aryl methyl sites for hydroxylation is 3. The second-order valence-corrected chi connectivity index (χ2v) is 7.49. The van der Waals surface area contributed by atoms with Gasteiger partial charge in [0.15, 0.2) is 5.89 Å². The van der Waals surface area contributed by atoms with Gasteiger partial charge in [-0.1, -0.05) is 24.3 Å². The van der Waals surface area contributed by atoms with Crippen molar-refractivity contribution in [1.82, 2.24) is 9.88 Å². The van der Waals surface area contributed by atoms with E-state index in [1.807, 2.05) is 0 Å². The maximum atomic E-state index is 13.7. The number of carbonyl (C=O) groups is 1. The zero-order valence-corrected chi connectivity index (χ0v) is 16.9. The van der Waals surface area contributed by atoms with Gasteiger partial charge in [0.2, 0.25) is 5.76 Å². The van der Waals surface area contributed by atoms with E-state index in [1.54, 1.807) is 24.0 Å². The number of benzene rings is 2. The van der Waals surface area contributed by atoms with Crippen LogP contribution in [0.4, 0.5) is 10.1 Å². The minimum Gasteiger partial charge on any atom is -0.435 e. The normalized spacial score (nSPS) is 14.3. The molecule has 0 atom stereocenters. The molecule has 0 saturated carbocycles. The number of hydrogen-bond donors (Lipinski definition) is 0. The van der Waals surface area contributed by atoms with Crippen molar-refractivity contribution in [2.45, 2.75) is 20.8 Å². The molecule has 0 unspecified atom stereocenters. The van der Waals surface area contributed by atoms with E-state index in [0.717, 1.165) is 13.1 Å². The van der Waals surface area contributed by atoms with Crippen LogP contribution in [-0.4, -0.2) is 42.0 Å². The van der Waals surface area contributed by atoms with Gasteiger partial charge in [0.05, 0.1) is 0 Å². The highest BCUT2D eigenvalue weighted by molar-refractivity contribution is 5.97. The Bertz CT molecular complexity index is 1050. The first-order valence-electron chi connectivity index (χ1n) is 9.77. The van der Waals surface area contributed by atoms with Crippen molar-refractivity contribution in [3.05, 3.63) is 71.1 Å². The number of halogens is 1. The monoisotopic (exact) mass is 393 g/mol. The van der Waals surface area contributed by atoms with Crippen LogP contribution in [0.3, 0.4) is 0 Å². The Kier molecular flexibility index (Phi) is 5.09. The van der Waals surface area contributed by atoms with E-state index in [-0.39, 0.29) is 17.5 Å². The molecule has 0 N–H and O–H groups in total. The molecule has 1 saturated heterocycles. The molecule has 29 heavy (non-hydrogen) atoms. The molecule has 1 aliphatic heterocycles. The van der Waals surface area contributed by atoms with E-state index in [2.05, 4.69) is 41.9 Å². The highest BCUT2D eigenvalue weighted by Crippen LogP contribution is 2.27. The summed E-state index contributed by atoms with van der Waals surface area (Å²) in [5.41, 5.74) is 4.60. The number of nitrogens with zero attached hydrogens (tertiary/aromatic N) is 3. The second-order valence-electron chi connectivity index (χ2n) is 7.49. The summed E-state index contributed by atoms with van der Waals surface area (Å²) in [5, 5.41) is 0. The van der Waals surface area contributed by atoms with Crippen molar-refractivity contribution in [3.63, 3.8) is 0 Å². The third-order valence-electron chi connectivity index (χ3n) is 5.30. The van der Waals surface area contributed by atoms with Gasteiger partial charge in [-0.05, 0) is 43.2 Å². The Morgan fingerprint density at radius 3 is 2.52 bits per heavy atom. The van der Waals surface area contributed by atoms with Crippen LogP contribution in [0.25, 0.3) is 11.3 Å². The molecule has 2 aromatic carbocycles. The predicted octanol–water partition coefficient (Wildman–Crippen LogP) is 4.37. The molecule has 5 nitrogen and oxygen atoms in total. The SMILES string of the molecule is Cc1ccc(C)c(N2CCN(C(=O)c3oc(C)nc3-c3cccc(F)c3)CC2)c1. The van der Waals surface area contributed by atoms with Crippen LogP contribution < -0.4 is 4.90 Å². The molecule has 3 aromatic rings. The quantitative estimate of drug-likeness (QED) is 0.663. The van der Waals surface area contributed by atoms with Gasteiger partial charge >= 0.3 is 0 Å². The molecule has 0 radical (unpaired) electrons. The van der Waals surface area contributed by atoms with Crippen molar-refractivity contribution in [2.24, 2.45) is 0 Å². The molecule has 0 spiro atoms. The number of anilines is 1. The number of piperazine rings is 1. The summed E-state index contributed by atoms with van der Waals surface area (Å²) in [4.78, 5) is 21.6. The average molecular weight is 393 g/mol. The Morgan fingerprint density at radius 1 is 1.03 bits per heavy atom. The fourth-order valence-corrected chi connectivity index (χ4v) is 3.76. The van der Waals surface area contributed by atoms with Crippen LogP contribution in [0.2, 0.25) is 0 Å². The fraction of sp³-hybridized carbons (Fsp3) is 0.304. The van der Waals surface area contributed by atoms with Crippen LogP contribution in [0.15, 0.2) is 46.9 Å². The zero-order valence-electron chi connectivity index (χ0n) is 16.9. The Hall–Kier alpha value is -3.15. The molecule has 1 aliphatic rings. The van der Waals surface area contributed by atoms with Gasteiger partial charge in [-0.25, -0.2) is 9.37 Å². The first-order valence-corrected chi connectivity index (χ1v) is 9.77. The van der Waals surface area contributed by atoms with Crippen LogP contribution in [0, 0.1) is 26.6 Å². The molecule has 4 rings (SSSR count). The third-order valence-corrected chi connectivity index (χ3v) is 5.30. The van der Waals surface area contributed by atoms with Crippen LogP contribution in [0.1, 0.15) is 27.6 Å². The summed E-state index contributed by atoms with van der Waals surface area (Å²) < 4.78 is 19.3. The van der Waals surface area contributed by atoms with Crippen molar-refractivity contribution < 1.29 is 13.6 Å². The van der Waals surface area contributed by atoms with Crippen molar-refractivity contribution in [3.8, 4) is 11.3 Å². The van der Waals surface area contributed by atoms with Gasteiger partial charge in [0.1, 0.15) is 11.5 Å². The van der Waals surface area contributed by atoms with Gasteiger partial charge in [-0.3, -0.25) is 4.79 Å². The van der Waals surface area contributed by atoms with E-state index in [9.17, 15) is 9.18 Å². The standard InChI is InChI=1S/C23H24FN3O2/c1-15-7-8-16(2)20(13-15)26-9-11-27(12-10-26)23(28)22-21(25-17(3)29-22)18-5-4-6-19(24)14-18/h4-8,13-14H,9-12H2,1-3H3. The predicted molar refractivity (Wildman–Crippen MR) is 111 cm³/mol. The second kappa shape index (κ2) is 7.70. The minimum atomic E-state index is -0.372. The Labute approximate surface area is 169 Å². The summed E-state index contributed by atoms with van der Waals surface area (Å²) in [6.07, 6.45) is 0. The highest BCUT2D eigenvalue weighted by atomic mass is 19.1. The van der Waals surface area contributed by atoms with E-state index in [4.69, 9.17) is 4.42 Å². The topological polar surface area (TPSA) is 49.6 Å². The number of carbonyl (C=O) groups excluding carboxylic acids is 1. The van der Waals surface area contributed by atoms with E-state index < -0.39 is 0 Å². The molecule has 0 bridgehead atoms. The number of oxazole rings is 1. The highest BCUT2D eigenvalue weighted by Gasteiger charge is 2.28. The molecule has 1 aromatic heterocycles. The van der Waals surface area contributed by atoms with E-state index in [0.29, 0.717) is 30.2 Å². The van der Waals surface area contributed by atoms with Gasteiger partial charge in [0.25, 0.3) is 5.91 Å². The van der Waals surface area contributed by atoms with Crippen LogP contribution >= 0.6 is 0 Å². The largest absolute Gasteiger partial charge is 0.435 e. The van der Waals surface area contributed by atoms with E-state index >= 15 is 0 Å². The van der Waals surface area contributed by atoms with Crippen LogP contribution in [0.5, 0.6) is 0 Å². The van der Waals surface area contributed by atoms with Gasteiger partial charge in [-0.15, -0.1) is 0 Å². The lowest BCUT2D eigenvalue weighted by atomic mass is 10.1. The first-order chi connectivity index (χ1) is 13.9. The molecule has 6 heteroatoms. The van der Waals surface area contributed by atoms with E-state index in [1.165, 1.54) is 28.9 Å². The molecule has 1 fully saturated rings. The van der Waals surface area contributed by atoms with Crippen molar-refractivity contribution in [2.75, 3.05) is 31.1 Å². The number of amides is 1. The zero-order chi connectivity index (χ0) is 20.5. The van der Waals surface area contributed by atoms with Crippen molar-refractivity contribution >= 4 is 11.6 Å². The Morgan fingerprint density at radius 2 is 1.79 bits per heavy atom. The average Bonchev–Trinajstić information content (AvgIpc) is 3.11. The first kappa shape index (κ1) is 19.2. The van der Waals surface area contributed by atoms with Gasteiger partial charge < -0.3 is 14.2 Å². The van der Waals surface area contributed by atoms with Crippen molar-refractivity contribution in [1.29, 1.82) is 0 Å². The summed E-state index contributed by atoms with van der Waals surface area (Å²) in [6.45, 7) is 8.57. The molecular formula is C23H24FN3O2. The van der Waals surface area contributed by atoms with Gasteiger partial charge in [-0.2, -0.15) is 0 Å². The minimum absolute atomic E-state index is 0.174. The Balaban J connectivity index is 1.53. The number of aromatic nitrogens is 1. The molecule has 0 aliphatic carbocycles. The molecule has 1 amide bonds. The summed E-state index contributed by atoms with van der Waals surface area (Å²) in [6, 6.07) is 12.5. The summed E-state index contributed by atoms with van der Waals surface area (Å²) in [7, 11) is 0. The van der Waals surface area contributed by atoms with Crippen LogP contribution in [-0.2, 0) is 0 Å². The molecule has 150 valence electrons. The smallest absolute Gasteiger partial charge is 0.292 e. The van der Waals surface area contributed by atoms with Gasteiger partial charge in [0, 0.05) is 44.4 Å². The maximum Gasteiger partial charge on any atom is 0.292 e. The summed E-state index contributed by atoms with van der Waals surface area (Å²) in [5.74, 6) is -0.0101. The lowest BCUT2D eigenvalue weighted by Crippen LogP contribution is -2.49. The molecular weight excluding hydrogens is 369 g/mol. The third kappa shape index (κ3) is 3.88.